The van der Waals surface area contributed by atoms with Crippen LogP contribution in [0.1, 0.15) is 44.1 Å². The Labute approximate surface area is 122 Å². The highest BCUT2D eigenvalue weighted by molar-refractivity contribution is 5.52. The van der Waals surface area contributed by atoms with Crippen LogP contribution in [0, 0.1) is 5.92 Å². The minimum absolute atomic E-state index is 0.744. The lowest BCUT2D eigenvalue weighted by atomic mass is 9.90. The van der Waals surface area contributed by atoms with Gasteiger partial charge in [-0.2, -0.15) is 0 Å². The van der Waals surface area contributed by atoms with E-state index < -0.39 is 0 Å². The van der Waals surface area contributed by atoms with Crippen molar-refractivity contribution in [1.29, 1.82) is 0 Å². The summed E-state index contributed by atoms with van der Waals surface area (Å²) in [5.41, 5.74) is 2.88. The molecule has 0 spiro atoms. The molecule has 0 bridgehead atoms. The number of likely N-dealkylation sites (tertiary alicyclic amines) is 1. The Kier molecular flexibility index (Phi) is 3.43. The zero-order valence-electron chi connectivity index (χ0n) is 12.4. The fourth-order valence-electron chi connectivity index (χ4n) is 4.79. The third-order valence-electron chi connectivity index (χ3n) is 5.80. The summed E-state index contributed by atoms with van der Waals surface area (Å²) in [4.78, 5) is 2.88. The van der Waals surface area contributed by atoms with Crippen LogP contribution in [0.4, 0.5) is 5.69 Å². The lowest BCUT2D eigenvalue weighted by Crippen LogP contribution is -2.50. The van der Waals surface area contributed by atoms with Crippen molar-refractivity contribution in [1.82, 2.24) is 4.90 Å². The van der Waals surface area contributed by atoms with Gasteiger partial charge in [-0.05, 0) is 62.6 Å². The quantitative estimate of drug-likeness (QED) is 0.837. The number of hydrogen-bond donors (Lipinski definition) is 1. The van der Waals surface area contributed by atoms with E-state index in [4.69, 9.17) is 0 Å². The number of aryl methyl sites for hydroxylation is 1. The number of rotatable bonds is 1. The van der Waals surface area contributed by atoms with Crippen molar-refractivity contribution in [2.45, 2.75) is 57.0 Å². The van der Waals surface area contributed by atoms with Crippen LogP contribution >= 0.6 is 0 Å². The maximum atomic E-state index is 3.71. The second kappa shape index (κ2) is 5.40. The Morgan fingerprint density at radius 3 is 2.90 bits per heavy atom. The number of nitrogens with one attached hydrogen (secondary N) is 1. The molecule has 3 aliphatic rings. The second-order valence-electron chi connectivity index (χ2n) is 6.87. The van der Waals surface area contributed by atoms with E-state index in [1.54, 1.807) is 0 Å². The molecule has 108 valence electrons. The summed E-state index contributed by atoms with van der Waals surface area (Å²) in [6.07, 6.45) is 9.88. The number of nitrogens with zero attached hydrogens (tertiary/aromatic N) is 1. The first-order chi connectivity index (χ1) is 9.92. The van der Waals surface area contributed by atoms with Crippen LogP contribution in [0.15, 0.2) is 24.3 Å². The molecule has 1 aliphatic carbocycles. The third kappa shape index (κ3) is 2.24. The van der Waals surface area contributed by atoms with Gasteiger partial charge >= 0.3 is 0 Å². The van der Waals surface area contributed by atoms with Gasteiger partial charge in [0.2, 0.25) is 0 Å². The zero-order chi connectivity index (χ0) is 13.4. The summed E-state index contributed by atoms with van der Waals surface area (Å²) in [7, 11) is 0. The summed E-state index contributed by atoms with van der Waals surface area (Å²) in [5.74, 6) is 1.01. The maximum absolute atomic E-state index is 3.71. The van der Waals surface area contributed by atoms with Crippen LogP contribution in [-0.2, 0) is 6.42 Å². The van der Waals surface area contributed by atoms with Crippen LogP contribution in [0.3, 0.4) is 0 Å². The van der Waals surface area contributed by atoms with E-state index in [0.29, 0.717) is 0 Å². The minimum Gasteiger partial charge on any atom is -0.383 e. The lowest BCUT2D eigenvalue weighted by Gasteiger charge is -2.42. The molecular formula is C18H26N2. The predicted molar refractivity (Wildman–Crippen MR) is 84.1 cm³/mol. The summed E-state index contributed by atoms with van der Waals surface area (Å²) in [6.45, 7) is 2.48. The monoisotopic (exact) mass is 270 g/mol. The van der Waals surface area contributed by atoms with Crippen LogP contribution in [0.2, 0.25) is 0 Å². The van der Waals surface area contributed by atoms with Gasteiger partial charge in [0.1, 0.15) is 0 Å². The molecule has 2 heterocycles. The first-order valence-corrected chi connectivity index (χ1v) is 8.49. The molecule has 1 aromatic carbocycles. The van der Waals surface area contributed by atoms with E-state index in [-0.39, 0.29) is 0 Å². The van der Waals surface area contributed by atoms with E-state index in [1.807, 2.05) is 0 Å². The molecule has 0 amide bonds. The Balaban J connectivity index is 1.50. The van der Waals surface area contributed by atoms with Crippen LogP contribution in [0.5, 0.6) is 0 Å². The highest BCUT2D eigenvalue weighted by Gasteiger charge is 2.38. The van der Waals surface area contributed by atoms with Gasteiger partial charge in [-0.3, -0.25) is 4.90 Å². The van der Waals surface area contributed by atoms with E-state index in [0.717, 1.165) is 24.5 Å². The minimum atomic E-state index is 0.744. The molecule has 4 rings (SSSR count). The highest BCUT2D eigenvalue weighted by atomic mass is 15.2. The molecule has 3 unspecified atom stereocenters. The number of hydrogen-bond acceptors (Lipinski definition) is 2. The van der Waals surface area contributed by atoms with Crippen molar-refractivity contribution in [2.75, 3.05) is 18.4 Å². The van der Waals surface area contributed by atoms with Gasteiger partial charge in [-0.1, -0.05) is 24.6 Å². The summed E-state index contributed by atoms with van der Waals surface area (Å²) >= 11 is 0. The molecule has 2 nitrogen and oxygen atoms in total. The van der Waals surface area contributed by atoms with E-state index in [1.165, 1.54) is 62.7 Å². The molecule has 2 heteroatoms. The molecule has 3 atom stereocenters. The van der Waals surface area contributed by atoms with Gasteiger partial charge in [-0.15, -0.1) is 0 Å². The van der Waals surface area contributed by atoms with Crippen molar-refractivity contribution in [3.63, 3.8) is 0 Å². The van der Waals surface area contributed by atoms with Crippen molar-refractivity contribution in [2.24, 2.45) is 5.92 Å². The van der Waals surface area contributed by atoms with E-state index in [9.17, 15) is 0 Å². The first-order valence-electron chi connectivity index (χ1n) is 8.49. The maximum Gasteiger partial charge on any atom is 0.0373 e. The molecule has 2 fully saturated rings. The molecule has 0 aromatic heterocycles. The SMILES string of the molecule is c1ccc2c(c1)CCC(N1CCCC3CCCC31)CN2. The van der Waals surface area contributed by atoms with Crippen LogP contribution < -0.4 is 5.32 Å². The Bertz CT molecular complexity index is 443. The predicted octanol–water partition coefficient (Wildman–Crippen LogP) is 3.68. The van der Waals surface area contributed by atoms with E-state index in [2.05, 4.69) is 34.5 Å². The molecule has 1 saturated heterocycles. The number of para-hydroxylation sites is 1. The smallest absolute Gasteiger partial charge is 0.0373 e. The summed E-state index contributed by atoms with van der Waals surface area (Å²) < 4.78 is 0. The molecule has 20 heavy (non-hydrogen) atoms. The van der Waals surface area contributed by atoms with Gasteiger partial charge in [-0.25, -0.2) is 0 Å². The molecule has 1 aromatic rings. The molecule has 0 radical (unpaired) electrons. The first kappa shape index (κ1) is 12.7. The number of anilines is 1. The number of fused-ring (bicyclic) bond motifs is 2. The van der Waals surface area contributed by atoms with Crippen molar-refractivity contribution in [3.8, 4) is 0 Å². The van der Waals surface area contributed by atoms with Gasteiger partial charge in [0, 0.05) is 24.3 Å². The zero-order valence-corrected chi connectivity index (χ0v) is 12.4. The second-order valence-corrected chi connectivity index (χ2v) is 6.87. The summed E-state index contributed by atoms with van der Waals surface area (Å²) in [6, 6.07) is 10.5. The average Bonchev–Trinajstić information content (AvgIpc) is 2.87. The summed E-state index contributed by atoms with van der Waals surface area (Å²) in [5, 5.41) is 3.71. The third-order valence-corrected chi connectivity index (χ3v) is 5.80. The van der Waals surface area contributed by atoms with Gasteiger partial charge in [0.25, 0.3) is 0 Å². The lowest BCUT2D eigenvalue weighted by molar-refractivity contribution is 0.0692. The van der Waals surface area contributed by atoms with Gasteiger partial charge in [0.15, 0.2) is 0 Å². The topological polar surface area (TPSA) is 15.3 Å². The Morgan fingerprint density at radius 2 is 1.90 bits per heavy atom. The molecule has 1 N–H and O–H groups in total. The molecule has 1 saturated carbocycles. The number of benzene rings is 1. The molecule has 2 aliphatic heterocycles. The normalized spacial score (nSPS) is 33.9. The van der Waals surface area contributed by atoms with Gasteiger partial charge < -0.3 is 5.32 Å². The number of piperidine rings is 1. The van der Waals surface area contributed by atoms with Crippen molar-refractivity contribution < 1.29 is 0 Å². The largest absolute Gasteiger partial charge is 0.383 e. The average molecular weight is 270 g/mol. The highest BCUT2D eigenvalue weighted by Crippen LogP contribution is 2.38. The molecular weight excluding hydrogens is 244 g/mol. The van der Waals surface area contributed by atoms with Crippen LogP contribution in [0.25, 0.3) is 0 Å². The standard InChI is InChI=1S/C18H26N2/c1-2-8-17-14(5-1)10-11-16(13-19-17)20-12-4-7-15-6-3-9-18(15)20/h1-2,5,8,15-16,18-19H,3-4,6-7,9-13H2. The van der Waals surface area contributed by atoms with E-state index >= 15 is 0 Å². The van der Waals surface area contributed by atoms with Gasteiger partial charge in [0.05, 0.1) is 0 Å². The Morgan fingerprint density at radius 1 is 1.00 bits per heavy atom. The fourth-order valence-corrected chi connectivity index (χ4v) is 4.79. The Hall–Kier alpha value is -1.02. The van der Waals surface area contributed by atoms with Crippen molar-refractivity contribution in [3.05, 3.63) is 29.8 Å². The fraction of sp³-hybridized carbons (Fsp3) is 0.667. The van der Waals surface area contributed by atoms with Crippen molar-refractivity contribution >= 4 is 5.69 Å². The van der Waals surface area contributed by atoms with Crippen LogP contribution in [-0.4, -0.2) is 30.1 Å².